The maximum absolute atomic E-state index is 13.2. The van der Waals surface area contributed by atoms with E-state index in [0.29, 0.717) is 12.5 Å². The van der Waals surface area contributed by atoms with Crippen LogP contribution in [0.3, 0.4) is 0 Å². The molecule has 1 saturated heterocycles. The number of nitrogens with zero attached hydrogens (tertiary/aromatic N) is 3. The number of hydrogen-bond donors (Lipinski definition) is 0. The number of amides is 1. The molecule has 0 saturated carbocycles. The molecule has 0 unspecified atom stereocenters. The molecule has 0 atom stereocenters. The lowest BCUT2D eigenvalue weighted by Crippen LogP contribution is -2.38. The summed E-state index contributed by atoms with van der Waals surface area (Å²) < 4.78 is 1.95. The average molecular weight is 374 g/mol. The Morgan fingerprint density at radius 2 is 1.57 bits per heavy atom. The van der Waals surface area contributed by atoms with E-state index in [9.17, 15) is 4.79 Å². The molecule has 28 heavy (non-hydrogen) atoms. The molecular formula is C24H27N3O. The second kappa shape index (κ2) is 8.01. The second-order valence-corrected chi connectivity index (χ2v) is 7.67. The Bertz CT molecular complexity index is 939. The number of carbonyl (C=O) groups excluding carboxylic acids is 1. The monoisotopic (exact) mass is 373 g/mol. The molecule has 4 nitrogen and oxygen atoms in total. The van der Waals surface area contributed by atoms with Crippen LogP contribution in [-0.2, 0) is 6.54 Å². The van der Waals surface area contributed by atoms with E-state index in [1.54, 1.807) is 0 Å². The summed E-state index contributed by atoms with van der Waals surface area (Å²) in [5.74, 6) is 0.675. The van der Waals surface area contributed by atoms with Crippen LogP contribution in [-0.4, -0.2) is 33.7 Å². The third kappa shape index (κ3) is 3.72. The number of aromatic nitrogens is 2. The first-order valence-electron chi connectivity index (χ1n) is 10.1. The van der Waals surface area contributed by atoms with Crippen molar-refractivity contribution in [3.8, 4) is 0 Å². The summed E-state index contributed by atoms with van der Waals surface area (Å²) in [7, 11) is 0. The molecular weight excluding hydrogens is 346 g/mol. The van der Waals surface area contributed by atoms with Gasteiger partial charge >= 0.3 is 0 Å². The molecule has 144 valence electrons. The zero-order valence-corrected chi connectivity index (χ0v) is 16.6. The fourth-order valence-corrected chi connectivity index (χ4v) is 4.22. The molecule has 2 heterocycles. The predicted molar refractivity (Wildman–Crippen MR) is 112 cm³/mol. The van der Waals surface area contributed by atoms with E-state index in [-0.39, 0.29) is 5.91 Å². The van der Waals surface area contributed by atoms with Crippen molar-refractivity contribution < 1.29 is 4.79 Å². The first-order chi connectivity index (χ1) is 13.6. The van der Waals surface area contributed by atoms with Crippen molar-refractivity contribution in [2.45, 2.75) is 39.2 Å². The number of likely N-dealkylation sites (tertiary alicyclic amines) is 1. The van der Waals surface area contributed by atoms with Crippen LogP contribution in [0.1, 0.15) is 51.6 Å². The van der Waals surface area contributed by atoms with Crippen LogP contribution < -0.4 is 0 Å². The summed E-state index contributed by atoms with van der Waals surface area (Å²) in [5.41, 5.74) is 5.13. The van der Waals surface area contributed by atoms with Gasteiger partial charge in [-0.15, -0.1) is 0 Å². The Labute approximate surface area is 166 Å². The summed E-state index contributed by atoms with van der Waals surface area (Å²) in [5, 5.41) is 4.65. The minimum absolute atomic E-state index is 0.126. The van der Waals surface area contributed by atoms with Crippen molar-refractivity contribution in [2.24, 2.45) is 0 Å². The Balaban J connectivity index is 1.47. The molecule has 1 aromatic heterocycles. The minimum atomic E-state index is 0.126. The van der Waals surface area contributed by atoms with Crippen LogP contribution in [0.2, 0.25) is 0 Å². The standard InChI is InChI=1S/C24H27N3O/c1-18-23(19(2)27(25-18)17-20-9-5-3-6-10-20)24(28)26-15-13-22(14-16-26)21-11-7-4-8-12-21/h3-12,22H,13-17H2,1-2H3. The van der Waals surface area contributed by atoms with Gasteiger partial charge in [-0.05, 0) is 43.7 Å². The maximum atomic E-state index is 13.2. The first kappa shape index (κ1) is 18.5. The van der Waals surface area contributed by atoms with Crippen LogP contribution in [0.5, 0.6) is 0 Å². The molecule has 1 fully saturated rings. The lowest BCUT2D eigenvalue weighted by atomic mass is 9.89. The van der Waals surface area contributed by atoms with Crippen molar-refractivity contribution in [1.82, 2.24) is 14.7 Å². The first-order valence-corrected chi connectivity index (χ1v) is 10.1. The molecule has 4 rings (SSSR count). The Kier molecular flexibility index (Phi) is 5.29. The normalized spacial score (nSPS) is 15.0. The third-order valence-corrected chi connectivity index (χ3v) is 5.82. The average Bonchev–Trinajstić information content (AvgIpc) is 3.02. The highest BCUT2D eigenvalue weighted by Gasteiger charge is 2.28. The van der Waals surface area contributed by atoms with Gasteiger partial charge in [-0.3, -0.25) is 9.48 Å². The molecule has 0 aliphatic carbocycles. The number of rotatable bonds is 4. The molecule has 0 radical (unpaired) electrons. The van der Waals surface area contributed by atoms with E-state index in [0.717, 1.165) is 42.9 Å². The summed E-state index contributed by atoms with van der Waals surface area (Å²) in [6.45, 7) is 6.25. The number of piperidine rings is 1. The van der Waals surface area contributed by atoms with Crippen molar-refractivity contribution in [1.29, 1.82) is 0 Å². The van der Waals surface area contributed by atoms with Gasteiger partial charge in [-0.25, -0.2) is 0 Å². The van der Waals surface area contributed by atoms with E-state index in [1.165, 1.54) is 11.1 Å². The van der Waals surface area contributed by atoms with E-state index in [2.05, 4.69) is 47.6 Å². The fourth-order valence-electron chi connectivity index (χ4n) is 4.22. The van der Waals surface area contributed by atoms with E-state index >= 15 is 0 Å². The van der Waals surface area contributed by atoms with Gasteiger partial charge in [0.05, 0.1) is 17.8 Å². The molecule has 0 bridgehead atoms. The van der Waals surface area contributed by atoms with Gasteiger partial charge in [0.25, 0.3) is 5.91 Å². The van der Waals surface area contributed by atoms with Gasteiger partial charge in [-0.1, -0.05) is 60.7 Å². The molecule has 1 aliphatic heterocycles. The van der Waals surface area contributed by atoms with Gasteiger partial charge < -0.3 is 4.90 Å². The summed E-state index contributed by atoms with van der Waals surface area (Å²) >= 11 is 0. The topological polar surface area (TPSA) is 38.1 Å². The van der Waals surface area contributed by atoms with E-state index < -0.39 is 0 Å². The second-order valence-electron chi connectivity index (χ2n) is 7.67. The van der Waals surface area contributed by atoms with Gasteiger partial charge in [-0.2, -0.15) is 5.10 Å². The number of benzene rings is 2. The van der Waals surface area contributed by atoms with Crippen LogP contribution in [0, 0.1) is 13.8 Å². The maximum Gasteiger partial charge on any atom is 0.257 e. The molecule has 1 amide bonds. The highest BCUT2D eigenvalue weighted by molar-refractivity contribution is 5.96. The smallest absolute Gasteiger partial charge is 0.257 e. The van der Waals surface area contributed by atoms with Crippen molar-refractivity contribution >= 4 is 5.91 Å². The number of aryl methyl sites for hydroxylation is 1. The van der Waals surface area contributed by atoms with Crippen molar-refractivity contribution in [3.63, 3.8) is 0 Å². The van der Waals surface area contributed by atoms with Crippen LogP contribution in [0.25, 0.3) is 0 Å². The predicted octanol–water partition coefficient (Wildman–Crippen LogP) is 4.57. The van der Waals surface area contributed by atoms with Gasteiger partial charge in [0, 0.05) is 18.8 Å². The van der Waals surface area contributed by atoms with Gasteiger partial charge in [0.2, 0.25) is 0 Å². The molecule has 3 aromatic rings. The minimum Gasteiger partial charge on any atom is -0.338 e. The Morgan fingerprint density at radius 1 is 0.964 bits per heavy atom. The molecule has 2 aromatic carbocycles. The lowest BCUT2D eigenvalue weighted by Gasteiger charge is -2.32. The van der Waals surface area contributed by atoms with Gasteiger partial charge in [0.15, 0.2) is 0 Å². The summed E-state index contributed by atoms with van der Waals surface area (Å²) in [6, 6.07) is 20.9. The van der Waals surface area contributed by atoms with E-state index in [4.69, 9.17) is 0 Å². The zero-order chi connectivity index (χ0) is 19.5. The fraction of sp³-hybridized carbons (Fsp3) is 0.333. The summed E-state index contributed by atoms with van der Waals surface area (Å²) in [6.07, 6.45) is 2.04. The zero-order valence-electron chi connectivity index (χ0n) is 16.6. The summed E-state index contributed by atoms with van der Waals surface area (Å²) in [4.78, 5) is 15.2. The Morgan fingerprint density at radius 3 is 2.21 bits per heavy atom. The van der Waals surface area contributed by atoms with Gasteiger partial charge in [0.1, 0.15) is 0 Å². The highest BCUT2D eigenvalue weighted by atomic mass is 16.2. The molecule has 0 N–H and O–H groups in total. The lowest BCUT2D eigenvalue weighted by molar-refractivity contribution is 0.0711. The SMILES string of the molecule is Cc1nn(Cc2ccccc2)c(C)c1C(=O)N1CCC(c2ccccc2)CC1. The quantitative estimate of drug-likeness (QED) is 0.672. The van der Waals surface area contributed by atoms with Crippen LogP contribution in [0.4, 0.5) is 0 Å². The molecule has 4 heteroatoms. The van der Waals surface area contributed by atoms with Crippen molar-refractivity contribution in [2.75, 3.05) is 13.1 Å². The third-order valence-electron chi connectivity index (χ3n) is 5.82. The molecule has 0 spiro atoms. The largest absolute Gasteiger partial charge is 0.338 e. The van der Waals surface area contributed by atoms with Crippen LogP contribution >= 0.6 is 0 Å². The van der Waals surface area contributed by atoms with E-state index in [1.807, 2.05) is 41.6 Å². The van der Waals surface area contributed by atoms with Crippen molar-refractivity contribution in [3.05, 3.63) is 88.7 Å². The number of carbonyl (C=O) groups is 1. The number of hydrogen-bond acceptors (Lipinski definition) is 2. The molecule has 1 aliphatic rings. The van der Waals surface area contributed by atoms with Crippen LogP contribution in [0.15, 0.2) is 60.7 Å². The Hall–Kier alpha value is -2.88. The highest BCUT2D eigenvalue weighted by Crippen LogP contribution is 2.29.